The summed E-state index contributed by atoms with van der Waals surface area (Å²) in [4.78, 5) is 10.9. The van der Waals surface area contributed by atoms with Crippen LogP contribution in [0.2, 0.25) is 0 Å². The summed E-state index contributed by atoms with van der Waals surface area (Å²) in [6, 6.07) is 2.80. The van der Waals surface area contributed by atoms with Crippen LogP contribution in [-0.4, -0.2) is 19.8 Å². The molecule has 1 unspecified atom stereocenters. The molecule has 1 amide bonds. The Morgan fingerprint density at radius 1 is 1.44 bits per heavy atom. The molecule has 1 aromatic carbocycles. The lowest BCUT2D eigenvalue weighted by Crippen LogP contribution is -2.22. The lowest BCUT2D eigenvalue weighted by molar-refractivity contribution is -0.138. The number of benzene rings is 1. The third kappa shape index (κ3) is 2.34. The smallest absolute Gasteiger partial charge is 0.416 e. The van der Waals surface area contributed by atoms with Gasteiger partial charge in [0.25, 0.3) is 0 Å². The van der Waals surface area contributed by atoms with Gasteiger partial charge in [-0.2, -0.15) is 13.2 Å². The maximum absolute atomic E-state index is 12.9. The van der Waals surface area contributed by atoms with Gasteiger partial charge in [-0.25, -0.2) is 4.79 Å². The summed E-state index contributed by atoms with van der Waals surface area (Å²) in [5, 5.41) is 2.32. The number of carbonyl (C=O) groups excluding carboxylic acids is 1. The summed E-state index contributed by atoms with van der Waals surface area (Å²) < 4.78 is 48.1. The maximum atomic E-state index is 12.9. The van der Waals surface area contributed by atoms with Crippen molar-refractivity contribution < 1.29 is 27.4 Å². The van der Waals surface area contributed by atoms with Gasteiger partial charge in [0.1, 0.15) is 12.4 Å². The number of nitrogens with one attached hydrogen (secondary N) is 1. The fraction of sp³-hybridized carbons (Fsp3) is 0.364. The van der Waals surface area contributed by atoms with Gasteiger partial charge in [0, 0.05) is 0 Å². The predicted molar refractivity (Wildman–Crippen MR) is 55.2 cm³/mol. The van der Waals surface area contributed by atoms with Crippen LogP contribution >= 0.6 is 0 Å². The second kappa shape index (κ2) is 4.40. The molecule has 4 nitrogen and oxygen atoms in total. The van der Waals surface area contributed by atoms with Gasteiger partial charge in [0.05, 0.1) is 18.7 Å². The molecule has 1 aromatic rings. The van der Waals surface area contributed by atoms with E-state index in [9.17, 15) is 18.0 Å². The molecule has 1 N–H and O–H groups in total. The quantitative estimate of drug-likeness (QED) is 0.889. The summed E-state index contributed by atoms with van der Waals surface area (Å²) in [6.07, 6.45) is -5.24. The zero-order chi connectivity index (χ0) is 13.3. The number of cyclic esters (lactones) is 1. The number of hydrogen-bond acceptors (Lipinski definition) is 3. The Bertz CT molecular complexity index is 473. The van der Waals surface area contributed by atoms with E-state index in [1.807, 2.05) is 0 Å². The molecule has 1 aliphatic rings. The van der Waals surface area contributed by atoms with Crippen molar-refractivity contribution in [2.75, 3.05) is 13.7 Å². The first-order valence-electron chi connectivity index (χ1n) is 5.10. The summed E-state index contributed by atoms with van der Waals surface area (Å²) >= 11 is 0. The molecule has 1 heterocycles. The Morgan fingerprint density at radius 3 is 2.67 bits per heavy atom. The first kappa shape index (κ1) is 12.5. The Kier molecular flexibility index (Phi) is 3.06. The van der Waals surface area contributed by atoms with Crippen LogP contribution < -0.4 is 10.1 Å². The summed E-state index contributed by atoms with van der Waals surface area (Å²) in [5.41, 5.74) is -0.869. The molecule has 1 aliphatic heterocycles. The van der Waals surface area contributed by atoms with E-state index in [1.165, 1.54) is 19.2 Å². The van der Waals surface area contributed by atoms with Crippen molar-refractivity contribution >= 4 is 6.09 Å². The highest BCUT2D eigenvalue weighted by atomic mass is 19.4. The number of carbonyl (C=O) groups is 1. The first-order valence-corrected chi connectivity index (χ1v) is 5.10. The van der Waals surface area contributed by atoms with Crippen molar-refractivity contribution in [1.82, 2.24) is 5.32 Å². The molecule has 0 bridgehead atoms. The van der Waals surface area contributed by atoms with Crippen molar-refractivity contribution in [3.05, 3.63) is 29.3 Å². The highest BCUT2D eigenvalue weighted by molar-refractivity contribution is 5.70. The number of alkyl carbamates (subject to hydrolysis) is 1. The molecule has 1 saturated heterocycles. The van der Waals surface area contributed by atoms with E-state index >= 15 is 0 Å². The number of alkyl halides is 3. The minimum atomic E-state index is -4.52. The minimum absolute atomic E-state index is 0.0332. The van der Waals surface area contributed by atoms with Crippen LogP contribution in [0.25, 0.3) is 0 Å². The highest BCUT2D eigenvalue weighted by Crippen LogP contribution is 2.37. The molecule has 1 atom stereocenters. The zero-order valence-electron chi connectivity index (χ0n) is 9.38. The van der Waals surface area contributed by atoms with E-state index < -0.39 is 23.9 Å². The lowest BCUT2D eigenvalue weighted by atomic mass is 10.0. The Labute approximate surface area is 101 Å². The lowest BCUT2D eigenvalue weighted by Gasteiger charge is -2.17. The maximum Gasteiger partial charge on any atom is 0.416 e. The molecule has 0 radical (unpaired) electrons. The van der Waals surface area contributed by atoms with Crippen LogP contribution in [0.15, 0.2) is 18.2 Å². The normalized spacial score (nSPS) is 19.3. The van der Waals surface area contributed by atoms with E-state index in [1.54, 1.807) is 0 Å². The number of amides is 1. The van der Waals surface area contributed by atoms with E-state index in [-0.39, 0.29) is 17.9 Å². The molecule has 0 aliphatic carbocycles. The average molecular weight is 261 g/mol. The van der Waals surface area contributed by atoms with Crippen molar-refractivity contribution in [3.8, 4) is 5.75 Å². The van der Waals surface area contributed by atoms with Gasteiger partial charge in [-0.3, -0.25) is 0 Å². The SMILES string of the molecule is COc1ccc(C2COC(=O)N2)c(C(F)(F)F)c1. The van der Waals surface area contributed by atoms with Crippen molar-refractivity contribution in [2.45, 2.75) is 12.2 Å². The molecular formula is C11H10F3NO3. The molecular weight excluding hydrogens is 251 g/mol. The summed E-state index contributed by atoms with van der Waals surface area (Å²) in [7, 11) is 1.29. The van der Waals surface area contributed by atoms with Crippen molar-refractivity contribution in [1.29, 1.82) is 0 Å². The molecule has 18 heavy (non-hydrogen) atoms. The predicted octanol–water partition coefficient (Wildman–Crippen LogP) is 2.49. The number of methoxy groups -OCH3 is 1. The molecule has 0 spiro atoms. The fourth-order valence-electron chi connectivity index (χ4n) is 1.76. The minimum Gasteiger partial charge on any atom is -0.497 e. The van der Waals surface area contributed by atoms with Gasteiger partial charge in [-0.15, -0.1) is 0 Å². The topological polar surface area (TPSA) is 47.6 Å². The Morgan fingerprint density at radius 2 is 2.17 bits per heavy atom. The van der Waals surface area contributed by atoms with Crippen LogP contribution in [0.3, 0.4) is 0 Å². The summed E-state index contributed by atoms with van der Waals surface area (Å²) in [5.74, 6) is 0.108. The second-order valence-electron chi connectivity index (χ2n) is 3.75. The number of rotatable bonds is 2. The Balaban J connectivity index is 2.43. The number of hydrogen-bond donors (Lipinski definition) is 1. The molecule has 1 fully saturated rings. The van der Waals surface area contributed by atoms with Gasteiger partial charge >= 0.3 is 12.3 Å². The van der Waals surface area contributed by atoms with Crippen LogP contribution in [0.1, 0.15) is 17.2 Å². The van der Waals surface area contributed by atoms with Crippen LogP contribution in [-0.2, 0) is 10.9 Å². The number of ether oxygens (including phenoxy) is 2. The zero-order valence-corrected chi connectivity index (χ0v) is 9.38. The van der Waals surface area contributed by atoms with Crippen LogP contribution in [0.4, 0.5) is 18.0 Å². The number of halogens is 3. The average Bonchev–Trinajstić information content (AvgIpc) is 2.74. The van der Waals surface area contributed by atoms with Crippen LogP contribution in [0, 0.1) is 0 Å². The molecule has 2 rings (SSSR count). The van der Waals surface area contributed by atoms with Gasteiger partial charge < -0.3 is 14.8 Å². The van der Waals surface area contributed by atoms with E-state index in [0.717, 1.165) is 6.07 Å². The van der Waals surface area contributed by atoms with Gasteiger partial charge in [0.2, 0.25) is 0 Å². The summed E-state index contributed by atoms with van der Waals surface area (Å²) in [6.45, 7) is -0.117. The Hall–Kier alpha value is -1.92. The second-order valence-corrected chi connectivity index (χ2v) is 3.75. The van der Waals surface area contributed by atoms with Crippen molar-refractivity contribution in [2.24, 2.45) is 0 Å². The largest absolute Gasteiger partial charge is 0.497 e. The fourth-order valence-corrected chi connectivity index (χ4v) is 1.76. The molecule has 7 heteroatoms. The standard InChI is InChI=1S/C11H10F3NO3/c1-17-6-2-3-7(8(4-6)11(12,13)14)9-5-18-10(16)15-9/h2-4,9H,5H2,1H3,(H,15,16). The molecule has 0 saturated carbocycles. The molecule has 0 aromatic heterocycles. The van der Waals surface area contributed by atoms with E-state index in [2.05, 4.69) is 10.1 Å². The monoisotopic (exact) mass is 261 g/mol. The van der Waals surface area contributed by atoms with Crippen molar-refractivity contribution in [3.63, 3.8) is 0 Å². The highest BCUT2D eigenvalue weighted by Gasteiger charge is 2.37. The third-order valence-corrected chi connectivity index (χ3v) is 2.61. The third-order valence-electron chi connectivity index (χ3n) is 2.61. The van der Waals surface area contributed by atoms with Gasteiger partial charge in [-0.05, 0) is 17.7 Å². The molecule has 98 valence electrons. The van der Waals surface area contributed by atoms with Crippen LogP contribution in [0.5, 0.6) is 5.75 Å². The van der Waals surface area contributed by atoms with E-state index in [4.69, 9.17) is 4.74 Å². The van der Waals surface area contributed by atoms with Gasteiger partial charge in [-0.1, -0.05) is 6.07 Å². The van der Waals surface area contributed by atoms with Gasteiger partial charge in [0.15, 0.2) is 0 Å². The first-order chi connectivity index (χ1) is 8.41. The van der Waals surface area contributed by atoms with E-state index in [0.29, 0.717) is 0 Å².